The smallest absolute Gasteiger partial charge is 0.416 e. The molecular formula is C25H22F3NO2. The van der Waals surface area contributed by atoms with Gasteiger partial charge >= 0.3 is 6.18 Å². The van der Waals surface area contributed by atoms with E-state index in [1.54, 1.807) is 24.1 Å². The average Bonchev–Trinajstić information content (AvgIpc) is 3.11. The Labute approximate surface area is 179 Å². The maximum Gasteiger partial charge on any atom is 0.416 e. The highest BCUT2D eigenvalue weighted by atomic mass is 19.4. The number of amides is 1. The summed E-state index contributed by atoms with van der Waals surface area (Å²) in [5.41, 5.74) is 0.666. The second-order valence-electron chi connectivity index (χ2n) is 7.72. The number of hydrogen-bond donors (Lipinski definition) is 0. The first-order valence-corrected chi connectivity index (χ1v) is 10.0. The number of benzene rings is 3. The average molecular weight is 425 g/mol. The Morgan fingerprint density at radius 2 is 1.58 bits per heavy atom. The fourth-order valence-electron chi connectivity index (χ4n) is 4.23. The van der Waals surface area contributed by atoms with Crippen molar-refractivity contribution in [3.8, 4) is 5.75 Å². The first kappa shape index (κ1) is 21.0. The minimum atomic E-state index is -4.42. The summed E-state index contributed by atoms with van der Waals surface area (Å²) in [6.45, 7) is 0.485. The van der Waals surface area contributed by atoms with Crippen molar-refractivity contribution in [3.05, 3.63) is 95.6 Å². The first-order chi connectivity index (χ1) is 14.8. The second-order valence-corrected chi connectivity index (χ2v) is 7.72. The van der Waals surface area contributed by atoms with E-state index in [9.17, 15) is 18.0 Å². The topological polar surface area (TPSA) is 29.5 Å². The maximum absolute atomic E-state index is 13.7. The van der Waals surface area contributed by atoms with Gasteiger partial charge in [-0.2, -0.15) is 13.2 Å². The molecule has 0 unspecified atom stereocenters. The van der Waals surface area contributed by atoms with Gasteiger partial charge in [-0.3, -0.25) is 4.79 Å². The van der Waals surface area contributed by atoms with Gasteiger partial charge in [0.1, 0.15) is 5.75 Å². The van der Waals surface area contributed by atoms with E-state index in [4.69, 9.17) is 4.74 Å². The van der Waals surface area contributed by atoms with Crippen LogP contribution < -0.4 is 9.64 Å². The fraction of sp³-hybridized carbons (Fsp3) is 0.240. The Morgan fingerprint density at radius 1 is 0.935 bits per heavy atom. The molecule has 1 fully saturated rings. The molecule has 0 spiro atoms. The van der Waals surface area contributed by atoms with Gasteiger partial charge < -0.3 is 9.64 Å². The van der Waals surface area contributed by atoms with Crippen molar-refractivity contribution in [2.75, 3.05) is 18.6 Å². The van der Waals surface area contributed by atoms with Crippen molar-refractivity contribution in [2.45, 2.75) is 24.4 Å². The number of hydrogen-bond acceptors (Lipinski definition) is 2. The zero-order valence-corrected chi connectivity index (χ0v) is 17.0. The van der Waals surface area contributed by atoms with Crippen molar-refractivity contribution in [1.82, 2.24) is 0 Å². The molecule has 0 N–H and O–H groups in total. The number of methoxy groups -OCH3 is 1. The Kier molecular flexibility index (Phi) is 5.48. The third kappa shape index (κ3) is 4.02. The van der Waals surface area contributed by atoms with Crippen LogP contribution in [0.25, 0.3) is 0 Å². The zero-order valence-electron chi connectivity index (χ0n) is 17.0. The van der Waals surface area contributed by atoms with E-state index >= 15 is 0 Å². The first-order valence-electron chi connectivity index (χ1n) is 10.0. The zero-order chi connectivity index (χ0) is 22.1. The number of ether oxygens (including phenoxy) is 1. The minimum Gasteiger partial charge on any atom is -0.497 e. The van der Waals surface area contributed by atoms with Gasteiger partial charge in [0.25, 0.3) is 0 Å². The number of carbonyl (C=O) groups excluding carboxylic acids is 1. The molecule has 1 atom stereocenters. The van der Waals surface area contributed by atoms with Crippen molar-refractivity contribution in [3.63, 3.8) is 0 Å². The quantitative estimate of drug-likeness (QED) is 0.530. The van der Waals surface area contributed by atoms with Gasteiger partial charge in [0.15, 0.2) is 0 Å². The third-order valence-electron chi connectivity index (χ3n) is 5.91. The molecule has 4 rings (SSSR count). The van der Waals surface area contributed by atoms with Crippen LogP contribution in [0.1, 0.15) is 23.1 Å². The van der Waals surface area contributed by atoms with Crippen molar-refractivity contribution in [2.24, 2.45) is 0 Å². The molecule has 160 valence electrons. The Bertz CT molecular complexity index is 1050. The Morgan fingerprint density at radius 3 is 2.16 bits per heavy atom. The van der Waals surface area contributed by atoms with E-state index in [0.29, 0.717) is 30.7 Å². The number of halogens is 3. The highest BCUT2D eigenvalue weighted by molar-refractivity contribution is 6.03. The SMILES string of the molecule is COc1ccc(N2CC[C@@](Cc3ccccc3)(c3ccc(C(F)(F)F)cc3)C2=O)cc1. The molecule has 0 aromatic heterocycles. The van der Waals surface area contributed by atoms with Gasteiger partial charge in [-0.15, -0.1) is 0 Å². The lowest BCUT2D eigenvalue weighted by molar-refractivity contribution is -0.137. The Balaban J connectivity index is 1.73. The molecule has 0 saturated carbocycles. The normalized spacial score (nSPS) is 19.0. The van der Waals surface area contributed by atoms with Gasteiger partial charge in [-0.05, 0) is 60.4 Å². The summed E-state index contributed by atoms with van der Waals surface area (Å²) in [7, 11) is 1.57. The molecule has 1 heterocycles. The van der Waals surface area contributed by atoms with Crippen LogP contribution in [0.15, 0.2) is 78.9 Å². The molecule has 3 aromatic carbocycles. The molecule has 0 aliphatic carbocycles. The monoisotopic (exact) mass is 425 g/mol. The van der Waals surface area contributed by atoms with Gasteiger partial charge in [-0.25, -0.2) is 0 Å². The van der Waals surface area contributed by atoms with Crippen LogP contribution in [0.3, 0.4) is 0 Å². The third-order valence-corrected chi connectivity index (χ3v) is 5.91. The van der Waals surface area contributed by atoms with Crippen LogP contribution in [-0.4, -0.2) is 19.6 Å². The summed E-state index contributed by atoms with van der Waals surface area (Å²) < 4.78 is 44.4. The van der Waals surface area contributed by atoms with E-state index < -0.39 is 17.2 Å². The van der Waals surface area contributed by atoms with Crippen LogP contribution in [0.5, 0.6) is 5.75 Å². The predicted octanol–water partition coefficient (Wildman–Crippen LogP) is 5.63. The van der Waals surface area contributed by atoms with E-state index in [-0.39, 0.29) is 5.91 Å². The molecule has 31 heavy (non-hydrogen) atoms. The maximum atomic E-state index is 13.7. The molecule has 1 amide bonds. The second kappa shape index (κ2) is 8.10. The molecule has 6 heteroatoms. The molecular weight excluding hydrogens is 403 g/mol. The Hall–Kier alpha value is -3.28. The van der Waals surface area contributed by atoms with Gasteiger partial charge in [-0.1, -0.05) is 42.5 Å². The summed E-state index contributed by atoms with van der Waals surface area (Å²) in [4.78, 5) is 15.4. The molecule has 1 aliphatic rings. The highest BCUT2D eigenvalue weighted by Gasteiger charge is 2.48. The van der Waals surface area contributed by atoms with Crippen LogP contribution in [0.4, 0.5) is 18.9 Å². The summed E-state index contributed by atoms with van der Waals surface area (Å²) in [6.07, 6.45) is -3.48. The molecule has 3 aromatic rings. The number of nitrogens with zero attached hydrogens (tertiary/aromatic N) is 1. The molecule has 0 bridgehead atoms. The van der Waals surface area contributed by atoms with Crippen LogP contribution >= 0.6 is 0 Å². The number of carbonyl (C=O) groups is 1. The molecule has 0 radical (unpaired) electrons. The van der Waals surface area contributed by atoms with Crippen LogP contribution in [0, 0.1) is 0 Å². The summed E-state index contributed by atoms with van der Waals surface area (Å²) in [5, 5.41) is 0. The van der Waals surface area contributed by atoms with E-state index in [2.05, 4.69) is 0 Å². The lowest BCUT2D eigenvalue weighted by Gasteiger charge is -2.29. The summed E-state index contributed by atoms with van der Waals surface area (Å²) in [6, 6.07) is 21.8. The summed E-state index contributed by atoms with van der Waals surface area (Å²) >= 11 is 0. The van der Waals surface area contributed by atoms with Crippen molar-refractivity contribution < 1.29 is 22.7 Å². The molecule has 1 aliphatic heterocycles. The van der Waals surface area contributed by atoms with Crippen molar-refractivity contribution in [1.29, 1.82) is 0 Å². The van der Waals surface area contributed by atoms with E-state index in [1.165, 1.54) is 12.1 Å². The summed E-state index contributed by atoms with van der Waals surface area (Å²) in [5.74, 6) is 0.579. The van der Waals surface area contributed by atoms with Gasteiger partial charge in [0, 0.05) is 12.2 Å². The molecule has 3 nitrogen and oxygen atoms in total. The molecule has 1 saturated heterocycles. The van der Waals surface area contributed by atoms with Crippen LogP contribution in [-0.2, 0) is 22.8 Å². The fourth-order valence-corrected chi connectivity index (χ4v) is 4.23. The van der Waals surface area contributed by atoms with E-state index in [0.717, 1.165) is 23.4 Å². The van der Waals surface area contributed by atoms with E-state index in [1.807, 2.05) is 42.5 Å². The number of rotatable bonds is 5. The van der Waals surface area contributed by atoms with Crippen molar-refractivity contribution >= 4 is 11.6 Å². The predicted molar refractivity (Wildman–Crippen MR) is 113 cm³/mol. The van der Waals surface area contributed by atoms with Crippen LogP contribution in [0.2, 0.25) is 0 Å². The lowest BCUT2D eigenvalue weighted by Crippen LogP contribution is -2.40. The minimum absolute atomic E-state index is 0.110. The van der Waals surface area contributed by atoms with Gasteiger partial charge in [0.05, 0.1) is 18.1 Å². The standard InChI is InChI=1S/C25H22F3NO2/c1-31-22-13-11-21(12-14-22)29-16-15-24(23(29)30,17-18-5-3-2-4-6-18)19-7-9-20(10-8-19)25(26,27)28/h2-14H,15-17H2,1H3/t24-/m1/s1. The lowest BCUT2D eigenvalue weighted by atomic mass is 9.74. The highest BCUT2D eigenvalue weighted by Crippen LogP contribution is 2.42. The number of alkyl halides is 3. The largest absolute Gasteiger partial charge is 0.497 e. The van der Waals surface area contributed by atoms with Gasteiger partial charge in [0.2, 0.25) is 5.91 Å². The number of anilines is 1.